The summed E-state index contributed by atoms with van der Waals surface area (Å²) in [5, 5.41) is 0. The van der Waals surface area contributed by atoms with E-state index in [2.05, 4.69) is 50.3 Å². The van der Waals surface area contributed by atoms with Crippen LogP contribution in [0.25, 0.3) is 0 Å². The molecule has 80 valence electrons. The van der Waals surface area contributed by atoms with Crippen LogP contribution in [0.1, 0.15) is 44.6 Å². The van der Waals surface area contributed by atoms with E-state index in [1.807, 2.05) is 0 Å². The molecule has 0 aromatic heterocycles. The van der Waals surface area contributed by atoms with Crippen molar-refractivity contribution >= 4 is 0 Å². The van der Waals surface area contributed by atoms with E-state index < -0.39 is 0 Å². The van der Waals surface area contributed by atoms with Crippen LogP contribution >= 0.6 is 0 Å². The average Bonchev–Trinajstić information content (AvgIpc) is 2.30. The van der Waals surface area contributed by atoms with Gasteiger partial charge < -0.3 is 0 Å². The second kappa shape index (κ2) is 4.65. The number of hydrogen-bond acceptors (Lipinski definition) is 0. The van der Waals surface area contributed by atoms with E-state index in [9.17, 15) is 0 Å². The molecule has 1 aromatic carbocycles. The van der Waals surface area contributed by atoms with Crippen molar-refractivity contribution in [1.82, 2.24) is 0 Å². The van der Waals surface area contributed by atoms with Gasteiger partial charge in [0.05, 0.1) is 0 Å². The Morgan fingerprint density at radius 3 is 2.53 bits per heavy atom. The molecule has 2 rings (SSSR count). The lowest BCUT2D eigenvalue weighted by molar-refractivity contribution is 0.580. The molecule has 0 spiro atoms. The highest BCUT2D eigenvalue weighted by molar-refractivity contribution is 5.27. The summed E-state index contributed by atoms with van der Waals surface area (Å²) in [6.45, 7) is 4.61. The van der Waals surface area contributed by atoms with Crippen molar-refractivity contribution in [2.24, 2.45) is 5.92 Å². The van der Waals surface area contributed by atoms with E-state index >= 15 is 0 Å². The zero-order chi connectivity index (χ0) is 10.7. The van der Waals surface area contributed by atoms with Crippen LogP contribution in [0.3, 0.4) is 0 Å². The Kier molecular flexibility index (Phi) is 3.25. The summed E-state index contributed by atoms with van der Waals surface area (Å²) >= 11 is 0. The summed E-state index contributed by atoms with van der Waals surface area (Å²) in [5.74, 6) is 1.38. The van der Waals surface area contributed by atoms with Gasteiger partial charge in [0.1, 0.15) is 0 Å². The first-order valence-electron chi connectivity index (χ1n) is 6.03. The van der Waals surface area contributed by atoms with Gasteiger partial charge in [-0.2, -0.15) is 0 Å². The van der Waals surface area contributed by atoms with Gasteiger partial charge in [0.15, 0.2) is 0 Å². The molecule has 0 fully saturated rings. The molecule has 0 aliphatic heterocycles. The summed E-state index contributed by atoms with van der Waals surface area (Å²) < 4.78 is 0. The SMILES string of the molecule is CC(C)C1=CC(c2ccccc2)CCC1. The lowest BCUT2D eigenvalue weighted by Gasteiger charge is -2.23. The minimum Gasteiger partial charge on any atom is -0.0775 e. The molecule has 1 aromatic rings. The summed E-state index contributed by atoms with van der Waals surface area (Å²) in [7, 11) is 0. The average molecular weight is 200 g/mol. The van der Waals surface area contributed by atoms with Crippen molar-refractivity contribution in [3.05, 3.63) is 47.5 Å². The highest BCUT2D eigenvalue weighted by Crippen LogP contribution is 2.33. The van der Waals surface area contributed by atoms with E-state index in [1.54, 1.807) is 5.57 Å². The Bertz CT molecular complexity index is 332. The van der Waals surface area contributed by atoms with Crippen molar-refractivity contribution < 1.29 is 0 Å². The first kappa shape index (κ1) is 10.5. The Balaban J connectivity index is 2.20. The maximum Gasteiger partial charge on any atom is 0.00208 e. The van der Waals surface area contributed by atoms with Crippen LogP contribution in [0.2, 0.25) is 0 Å². The van der Waals surface area contributed by atoms with E-state index in [1.165, 1.54) is 24.8 Å². The summed E-state index contributed by atoms with van der Waals surface area (Å²) in [5.41, 5.74) is 3.13. The van der Waals surface area contributed by atoms with Gasteiger partial charge >= 0.3 is 0 Å². The molecule has 0 heteroatoms. The van der Waals surface area contributed by atoms with E-state index in [4.69, 9.17) is 0 Å². The number of allylic oxidation sites excluding steroid dienone is 2. The van der Waals surface area contributed by atoms with Gasteiger partial charge in [-0.3, -0.25) is 0 Å². The fraction of sp³-hybridized carbons (Fsp3) is 0.467. The quantitative estimate of drug-likeness (QED) is 0.615. The minimum atomic E-state index is 0.664. The molecule has 0 radical (unpaired) electrons. The fourth-order valence-corrected chi connectivity index (χ4v) is 2.40. The highest BCUT2D eigenvalue weighted by atomic mass is 14.2. The van der Waals surface area contributed by atoms with E-state index in [0.29, 0.717) is 5.92 Å². The van der Waals surface area contributed by atoms with Crippen LogP contribution in [0.5, 0.6) is 0 Å². The van der Waals surface area contributed by atoms with Gasteiger partial charge in [0.25, 0.3) is 0 Å². The van der Waals surface area contributed by atoms with Crippen molar-refractivity contribution in [3.8, 4) is 0 Å². The molecule has 0 bridgehead atoms. The smallest absolute Gasteiger partial charge is 0.00208 e. The van der Waals surface area contributed by atoms with Gasteiger partial charge in [-0.15, -0.1) is 0 Å². The van der Waals surface area contributed by atoms with Crippen LogP contribution in [0.4, 0.5) is 0 Å². The Labute approximate surface area is 93.0 Å². The first-order chi connectivity index (χ1) is 7.27. The van der Waals surface area contributed by atoms with Gasteiger partial charge in [0, 0.05) is 5.92 Å². The van der Waals surface area contributed by atoms with Crippen LogP contribution in [-0.2, 0) is 0 Å². The molecule has 15 heavy (non-hydrogen) atoms. The van der Waals surface area contributed by atoms with Gasteiger partial charge in [-0.25, -0.2) is 0 Å². The number of benzene rings is 1. The maximum absolute atomic E-state index is 2.50. The molecule has 0 amide bonds. The molecule has 0 nitrogen and oxygen atoms in total. The third-order valence-electron chi connectivity index (χ3n) is 3.37. The molecular weight excluding hydrogens is 180 g/mol. The van der Waals surface area contributed by atoms with E-state index in [-0.39, 0.29) is 0 Å². The van der Waals surface area contributed by atoms with Crippen molar-refractivity contribution in [2.45, 2.75) is 39.0 Å². The molecule has 0 saturated heterocycles. The second-order valence-corrected chi connectivity index (χ2v) is 4.81. The van der Waals surface area contributed by atoms with E-state index in [0.717, 1.165) is 5.92 Å². The van der Waals surface area contributed by atoms with Crippen molar-refractivity contribution in [2.75, 3.05) is 0 Å². The molecule has 0 N–H and O–H groups in total. The zero-order valence-electron chi connectivity index (χ0n) is 9.74. The zero-order valence-corrected chi connectivity index (χ0v) is 9.74. The Hall–Kier alpha value is -1.04. The molecule has 1 unspecified atom stereocenters. The van der Waals surface area contributed by atoms with Gasteiger partial charge in [-0.05, 0) is 30.7 Å². The predicted molar refractivity (Wildman–Crippen MR) is 66.0 cm³/mol. The third-order valence-corrected chi connectivity index (χ3v) is 3.37. The van der Waals surface area contributed by atoms with Crippen LogP contribution in [-0.4, -0.2) is 0 Å². The van der Waals surface area contributed by atoms with Crippen LogP contribution in [0, 0.1) is 5.92 Å². The molecule has 1 aliphatic carbocycles. The monoisotopic (exact) mass is 200 g/mol. The second-order valence-electron chi connectivity index (χ2n) is 4.81. The van der Waals surface area contributed by atoms with Gasteiger partial charge in [-0.1, -0.05) is 55.8 Å². The third kappa shape index (κ3) is 2.50. The van der Waals surface area contributed by atoms with Crippen molar-refractivity contribution in [1.29, 1.82) is 0 Å². The lowest BCUT2D eigenvalue weighted by atomic mass is 9.82. The summed E-state index contributed by atoms with van der Waals surface area (Å²) in [6.07, 6.45) is 6.48. The summed E-state index contributed by atoms with van der Waals surface area (Å²) in [6, 6.07) is 10.9. The van der Waals surface area contributed by atoms with Crippen molar-refractivity contribution in [3.63, 3.8) is 0 Å². The molecule has 1 atom stereocenters. The molecule has 0 heterocycles. The fourth-order valence-electron chi connectivity index (χ4n) is 2.40. The standard InChI is InChI=1S/C15H20/c1-12(2)14-9-6-10-15(11-14)13-7-4-3-5-8-13/h3-5,7-8,11-12,15H,6,9-10H2,1-2H3. The topological polar surface area (TPSA) is 0 Å². The maximum atomic E-state index is 2.50. The number of rotatable bonds is 2. The van der Waals surface area contributed by atoms with Gasteiger partial charge in [0.2, 0.25) is 0 Å². The Morgan fingerprint density at radius 2 is 1.87 bits per heavy atom. The largest absolute Gasteiger partial charge is 0.0775 e. The molecular formula is C15H20. The lowest BCUT2D eigenvalue weighted by Crippen LogP contribution is -2.06. The first-order valence-corrected chi connectivity index (χ1v) is 6.03. The van der Waals surface area contributed by atoms with Crippen LogP contribution < -0.4 is 0 Å². The molecule has 1 aliphatic rings. The molecule has 0 saturated carbocycles. The van der Waals surface area contributed by atoms with Crippen LogP contribution in [0.15, 0.2) is 42.0 Å². The minimum absolute atomic E-state index is 0.664. The Morgan fingerprint density at radius 1 is 1.13 bits per heavy atom. The normalized spacial score (nSPS) is 21.5. The predicted octanol–water partition coefficient (Wildman–Crippen LogP) is 4.54. The summed E-state index contributed by atoms with van der Waals surface area (Å²) in [4.78, 5) is 0. The number of hydrogen-bond donors (Lipinski definition) is 0. The highest BCUT2D eigenvalue weighted by Gasteiger charge is 2.16.